The molecular formula is C14H17ClN2O4. The summed E-state index contributed by atoms with van der Waals surface area (Å²) in [4.78, 5) is 21.8. The highest BCUT2D eigenvalue weighted by atomic mass is 35.5. The molecule has 0 radical (unpaired) electrons. The zero-order valence-electron chi connectivity index (χ0n) is 11.4. The van der Waals surface area contributed by atoms with E-state index in [4.69, 9.17) is 11.6 Å². The van der Waals surface area contributed by atoms with Gasteiger partial charge in [0.1, 0.15) is 5.69 Å². The minimum absolute atomic E-state index is 0.0187. The number of rotatable bonds is 5. The summed E-state index contributed by atoms with van der Waals surface area (Å²) in [6.07, 6.45) is 3.40. The number of nitrogens with zero attached hydrogens (tertiary/aromatic N) is 1. The van der Waals surface area contributed by atoms with Crippen molar-refractivity contribution in [2.45, 2.75) is 25.7 Å². The normalized spacial score (nSPS) is 21.8. The van der Waals surface area contributed by atoms with Crippen LogP contribution in [-0.4, -0.2) is 22.5 Å². The lowest BCUT2D eigenvalue weighted by Gasteiger charge is -2.28. The molecule has 7 heteroatoms. The van der Waals surface area contributed by atoms with Gasteiger partial charge in [-0.2, -0.15) is 0 Å². The first-order chi connectivity index (χ1) is 9.99. The molecule has 1 aliphatic rings. The first-order valence-electron chi connectivity index (χ1n) is 6.89. The molecule has 0 aromatic heterocycles. The van der Waals surface area contributed by atoms with Crippen molar-refractivity contribution in [1.29, 1.82) is 0 Å². The predicted octanol–water partition coefficient (Wildman–Crippen LogP) is 3.55. The topological polar surface area (TPSA) is 92.5 Å². The van der Waals surface area contributed by atoms with Crippen LogP contribution in [0.25, 0.3) is 0 Å². The Morgan fingerprint density at radius 2 is 2.14 bits per heavy atom. The Bertz CT molecular complexity index is 550. The van der Waals surface area contributed by atoms with E-state index in [0.29, 0.717) is 23.7 Å². The molecule has 0 heterocycles. The molecule has 2 atom stereocenters. The molecule has 0 spiro atoms. The summed E-state index contributed by atoms with van der Waals surface area (Å²) < 4.78 is 0. The van der Waals surface area contributed by atoms with E-state index in [2.05, 4.69) is 5.32 Å². The van der Waals surface area contributed by atoms with Gasteiger partial charge >= 0.3 is 5.97 Å². The van der Waals surface area contributed by atoms with Crippen LogP contribution in [0.15, 0.2) is 18.2 Å². The maximum atomic E-state index is 11.2. The quantitative estimate of drug-likeness (QED) is 0.640. The number of carboxylic acid groups (broad SMARTS) is 1. The number of carboxylic acids is 1. The molecule has 0 amide bonds. The van der Waals surface area contributed by atoms with E-state index in [1.807, 2.05) is 0 Å². The van der Waals surface area contributed by atoms with Crippen LogP contribution in [0.5, 0.6) is 0 Å². The van der Waals surface area contributed by atoms with Crippen molar-refractivity contribution in [3.05, 3.63) is 33.3 Å². The Labute approximate surface area is 127 Å². The van der Waals surface area contributed by atoms with Crippen molar-refractivity contribution in [2.24, 2.45) is 11.8 Å². The second-order valence-corrected chi connectivity index (χ2v) is 5.73. The molecule has 2 unspecified atom stereocenters. The number of anilines is 1. The number of nitrogens with one attached hydrogen (secondary N) is 1. The summed E-state index contributed by atoms with van der Waals surface area (Å²) in [5, 5.41) is 23.6. The molecule has 1 aromatic rings. The minimum Gasteiger partial charge on any atom is -0.481 e. The van der Waals surface area contributed by atoms with Gasteiger partial charge in [0, 0.05) is 17.6 Å². The molecule has 1 aromatic carbocycles. The van der Waals surface area contributed by atoms with Gasteiger partial charge in [0.05, 0.1) is 10.8 Å². The summed E-state index contributed by atoms with van der Waals surface area (Å²) in [6.45, 7) is 0.401. The van der Waals surface area contributed by atoms with Gasteiger partial charge in [0.2, 0.25) is 0 Å². The van der Waals surface area contributed by atoms with Crippen molar-refractivity contribution in [3.63, 3.8) is 0 Å². The van der Waals surface area contributed by atoms with E-state index in [-0.39, 0.29) is 17.5 Å². The fourth-order valence-electron chi connectivity index (χ4n) is 2.83. The molecule has 1 fully saturated rings. The Hall–Kier alpha value is -1.82. The SMILES string of the molecule is O=C(O)C1CCCCC1CNc1cc(Cl)ccc1[N+](=O)[O-]. The van der Waals surface area contributed by atoms with Gasteiger partial charge in [-0.3, -0.25) is 14.9 Å². The van der Waals surface area contributed by atoms with Crippen molar-refractivity contribution >= 4 is 28.9 Å². The monoisotopic (exact) mass is 312 g/mol. The lowest BCUT2D eigenvalue weighted by molar-refractivity contribution is -0.384. The van der Waals surface area contributed by atoms with Gasteiger partial charge in [0.25, 0.3) is 5.69 Å². The number of nitro benzene ring substituents is 1. The average molecular weight is 313 g/mol. The van der Waals surface area contributed by atoms with Gasteiger partial charge in [0.15, 0.2) is 0 Å². The van der Waals surface area contributed by atoms with E-state index < -0.39 is 10.9 Å². The molecule has 2 N–H and O–H groups in total. The van der Waals surface area contributed by atoms with Gasteiger partial charge in [-0.05, 0) is 30.9 Å². The molecule has 1 saturated carbocycles. The highest BCUT2D eigenvalue weighted by Gasteiger charge is 2.30. The molecule has 0 aliphatic heterocycles. The van der Waals surface area contributed by atoms with E-state index in [0.717, 1.165) is 19.3 Å². The number of carbonyl (C=O) groups is 1. The molecule has 0 saturated heterocycles. The fraction of sp³-hybridized carbons (Fsp3) is 0.500. The third kappa shape index (κ3) is 3.85. The largest absolute Gasteiger partial charge is 0.481 e. The average Bonchev–Trinajstić information content (AvgIpc) is 2.45. The summed E-state index contributed by atoms with van der Waals surface area (Å²) >= 11 is 5.87. The molecule has 114 valence electrons. The zero-order valence-corrected chi connectivity index (χ0v) is 12.2. The smallest absolute Gasteiger partial charge is 0.306 e. The first-order valence-corrected chi connectivity index (χ1v) is 7.27. The van der Waals surface area contributed by atoms with Crippen molar-refractivity contribution in [2.75, 3.05) is 11.9 Å². The number of nitro groups is 1. The summed E-state index contributed by atoms with van der Waals surface area (Å²) in [5.41, 5.74) is 0.282. The van der Waals surface area contributed by atoms with Crippen LogP contribution in [0.3, 0.4) is 0 Å². The zero-order chi connectivity index (χ0) is 15.4. The molecular weight excluding hydrogens is 296 g/mol. The van der Waals surface area contributed by atoms with E-state index in [1.165, 1.54) is 18.2 Å². The first kappa shape index (κ1) is 15.6. The van der Waals surface area contributed by atoms with Crippen LogP contribution in [0.2, 0.25) is 5.02 Å². The van der Waals surface area contributed by atoms with E-state index in [9.17, 15) is 20.0 Å². The van der Waals surface area contributed by atoms with Crippen molar-refractivity contribution < 1.29 is 14.8 Å². The highest BCUT2D eigenvalue weighted by molar-refractivity contribution is 6.31. The lowest BCUT2D eigenvalue weighted by atomic mass is 9.79. The third-order valence-electron chi connectivity index (χ3n) is 3.94. The van der Waals surface area contributed by atoms with Crippen LogP contribution in [0, 0.1) is 22.0 Å². The Balaban J connectivity index is 2.09. The van der Waals surface area contributed by atoms with E-state index in [1.54, 1.807) is 0 Å². The fourth-order valence-corrected chi connectivity index (χ4v) is 3.00. The minimum atomic E-state index is -0.790. The van der Waals surface area contributed by atoms with Crippen LogP contribution >= 0.6 is 11.6 Å². The Kier molecular flexibility index (Phi) is 5.01. The highest BCUT2D eigenvalue weighted by Crippen LogP contribution is 2.32. The van der Waals surface area contributed by atoms with Crippen molar-refractivity contribution in [1.82, 2.24) is 0 Å². The maximum absolute atomic E-state index is 11.2. The summed E-state index contributed by atoms with van der Waals surface area (Å²) in [5.74, 6) is -1.19. The van der Waals surface area contributed by atoms with Gasteiger partial charge in [-0.1, -0.05) is 24.4 Å². The number of benzene rings is 1. The van der Waals surface area contributed by atoms with Crippen LogP contribution in [0.4, 0.5) is 11.4 Å². The molecule has 1 aliphatic carbocycles. The van der Waals surface area contributed by atoms with Gasteiger partial charge < -0.3 is 10.4 Å². The van der Waals surface area contributed by atoms with Crippen molar-refractivity contribution in [3.8, 4) is 0 Å². The van der Waals surface area contributed by atoms with Crippen LogP contribution in [-0.2, 0) is 4.79 Å². The number of hydrogen-bond donors (Lipinski definition) is 2. The maximum Gasteiger partial charge on any atom is 0.306 e. The predicted molar refractivity (Wildman–Crippen MR) is 79.7 cm³/mol. The van der Waals surface area contributed by atoms with Crippen LogP contribution < -0.4 is 5.32 Å². The molecule has 6 nitrogen and oxygen atoms in total. The summed E-state index contributed by atoms with van der Waals surface area (Å²) in [6, 6.07) is 4.31. The number of aliphatic carboxylic acids is 1. The molecule has 0 bridgehead atoms. The summed E-state index contributed by atoms with van der Waals surface area (Å²) in [7, 11) is 0. The Morgan fingerprint density at radius 1 is 1.43 bits per heavy atom. The van der Waals surface area contributed by atoms with Gasteiger partial charge in [-0.15, -0.1) is 0 Å². The standard InChI is InChI=1S/C14H17ClN2O4/c15-10-5-6-13(17(20)21)12(7-10)16-8-9-3-1-2-4-11(9)14(18)19/h5-7,9,11,16H,1-4,8H2,(H,18,19). The second kappa shape index (κ2) is 6.76. The number of halogens is 1. The molecule has 21 heavy (non-hydrogen) atoms. The van der Waals surface area contributed by atoms with Crippen LogP contribution in [0.1, 0.15) is 25.7 Å². The lowest BCUT2D eigenvalue weighted by Crippen LogP contribution is -2.31. The molecule has 2 rings (SSSR count). The number of hydrogen-bond acceptors (Lipinski definition) is 4. The Morgan fingerprint density at radius 3 is 2.81 bits per heavy atom. The second-order valence-electron chi connectivity index (χ2n) is 5.29. The third-order valence-corrected chi connectivity index (χ3v) is 4.17. The van der Waals surface area contributed by atoms with Gasteiger partial charge in [-0.25, -0.2) is 0 Å². The van der Waals surface area contributed by atoms with E-state index >= 15 is 0 Å².